The van der Waals surface area contributed by atoms with E-state index in [2.05, 4.69) is 28.2 Å². The van der Waals surface area contributed by atoms with Crippen molar-refractivity contribution in [3.05, 3.63) is 73.4 Å². The maximum Gasteiger partial charge on any atom is 0.152 e. The molecule has 0 radical (unpaired) electrons. The molecule has 1 aromatic carbocycles. The molecule has 0 saturated heterocycles. The van der Waals surface area contributed by atoms with E-state index >= 15 is 0 Å². The van der Waals surface area contributed by atoms with E-state index in [0.29, 0.717) is 0 Å². The van der Waals surface area contributed by atoms with Crippen LogP contribution in [0, 0.1) is 0 Å². The summed E-state index contributed by atoms with van der Waals surface area (Å²) in [7, 11) is 0. The Hall–Kier alpha value is -2.94. The number of hydrogen-bond donors (Lipinski definition) is 0. The van der Waals surface area contributed by atoms with Crippen LogP contribution in [0.3, 0.4) is 0 Å². The molecule has 0 bridgehead atoms. The Morgan fingerprint density at radius 3 is 2.52 bits per heavy atom. The quantitative estimate of drug-likeness (QED) is 0.537. The lowest BCUT2D eigenvalue weighted by Gasteiger charge is -2.04. The molecule has 0 N–H and O–H groups in total. The van der Waals surface area contributed by atoms with Gasteiger partial charge in [-0.25, -0.2) is 0 Å². The average Bonchev–Trinajstić information content (AvgIpc) is 3.00. The van der Waals surface area contributed by atoms with Crippen LogP contribution in [-0.4, -0.2) is 9.97 Å². The number of nitrogens with zero attached hydrogens (tertiary/aromatic N) is 2. The molecule has 3 heteroatoms. The molecule has 0 aliphatic rings. The van der Waals surface area contributed by atoms with Gasteiger partial charge in [0, 0.05) is 24.2 Å². The zero-order valence-corrected chi connectivity index (χ0v) is 11.2. The van der Waals surface area contributed by atoms with Gasteiger partial charge in [0.1, 0.15) is 11.8 Å². The molecule has 4 aromatic rings. The van der Waals surface area contributed by atoms with E-state index in [0.717, 1.165) is 33.4 Å². The van der Waals surface area contributed by atoms with Crippen LogP contribution >= 0.6 is 0 Å². The monoisotopic (exact) mass is 272 g/mol. The molecular weight excluding hydrogens is 260 g/mol. The largest absolute Gasteiger partial charge is 0.462 e. The molecule has 0 amide bonds. The lowest BCUT2D eigenvalue weighted by Crippen LogP contribution is -1.82. The van der Waals surface area contributed by atoms with Gasteiger partial charge in [-0.15, -0.1) is 0 Å². The van der Waals surface area contributed by atoms with Crippen molar-refractivity contribution >= 4 is 11.1 Å². The summed E-state index contributed by atoms with van der Waals surface area (Å²) in [6.07, 6.45) is 7.16. The van der Waals surface area contributed by atoms with Crippen molar-refractivity contribution in [2.24, 2.45) is 0 Å². The van der Waals surface area contributed by atoms with Crippen LogP contribution in [0.4, 0.5) is 0 Å². The maximum atomic E-state index is 5.58. The average molecular weight is 272 g/mol. The highest BCUT2D eigenvalue weighted by Gasteiger charge is 2.09. The fourth-order valence-electron chi connectivity index (χ4n) is 2.48. The van der Waals surface area contributed by atoms with E-state index < -0.39 is 0 Å². The van der Waals surface area contributed by atoms with Crippen LogP contribution in [0.1, 0.15) is 0 Å². The highest BCUT2D eigenvalue weighted by molar-refractivity contribution is 5.91. The highest BCUT2D eigenvalue weighted by Crippen LogP contribution is 2.31. The summed E-state index contributed by atoms with van der Waals surface area (Å²) in [6.45, 7) is 0. The van der Waals surface area contributed by atoms with Crippen LogP contribution in [-0.2, 0) is 0 Å². The minimum Gasteiger partial charge on any atom is -0.462 e. The van der Waals surface area contributed by atoms with Gasteiger partial charge in [0.25, 0.3) is 0 Å². The third-order valence-corrected chi connectivity index (χ3v) is 3.52. The molecule has 0 unspecified atom stereocenters. The molecule has 0 saturated carbocycles. The zero-order chi connectivity index (χ0) is 14.1. The van der Waals surface area contributed by atoms with Gasteiger partial charge >= 0.3 is 0 Å². The summed E-state index contributed by atoms with van der Waals surface area (Å²) in [5, 5.41) is 0. The van der Waals surface area contributed by atoms with E-state index in [1.54, 1.807) is 24.9 Å². The fourth-order valence-corrected chi connectivity index (χ4v) is 2.48. The Labute approximate surface area is 121 Å². The lowest BCUT2D eigenvalue weighted by atomic mass is 10.0. The van der Waals surface area contributed by atoms with Gasteiger partial charge in [0.15, 0.2) is 5.58 Å². The van der Waals surface area contributed by atoms with E-state index in [1.165, 1.54) is 0 Å². The fraction of sp³-hybridized carbons (Fsp3) is 0. The Balaban J connectivity index is 1.87. The van der Waals surface area contributed by atoms with Crippen molar-refractivity contribution in [2.45, 2.75) is 0 Å². The molecule has 3 aromatic heterocycles. The molecule has 4 rings (SSSR count). The second-order valence-corrected chi connectivity index (χ2v) is 4.82. The summed E-state index contributed by atoms with van der Waals surface area (Å²) < 4.78 is 5.58. The second-order valence-electron chi connectivity index (χ2n) is 4.82. The normalized spacial score (nSPS) is 10.9. The minimum atomic E-state index is 0.807. The molecule has 100 valence electrons. The van der Waals surface area contributed by atoms with Crippen molar-refractivity contribution in [1.29, 1.82) is 0 Å². The number of hydrogen-bond acceptors (Lipinski definition) is 3. The zero-order valence-electron chi connectivity index (χ0n) is 11.2. The number of rotatable bonds is 2. The Morgan fingerprint density at radius 2 is 1.62 bits per heavy atom. The van der Waals surface area contributed by atoms with Gasteiger partial charge in [0.2, 0.25) is 0 Å². The van der Waals surface area contributed by atoms with Crippen molar-refractivity contribution in [1.82, 2.24) is 9.97 Å². The lowest BCUT2D eigenvalue weighted by molar-refractivity contribution is 0.616. The third-order valence-electron chi connectivity index (χ3n) is 3.52. The second kappa shape index (κ2) is 4.87. The Bertz CT molecular complexity index is 897. The molecule has 0 fully saturated rings. The Kier molecular flexibility index (Phi) is 2.75. The van der Waals surface area contributed by atoms with Gasteiger partial charge in [0.05, 0.1) is 0 Å². The maximum absolute atomic E-state index is 5.58. The predicted molar refractivity (Wildman–Crippen MR) is 82.7 cm³/mol. The summed E-state index contributed by atoms with van der Waals surface area (Å²) in [4.78, 5) is 8.48. The highest BCUT2D eigenvalue weighted by atomic mass is 16.3. The van der Waals surface area contributed by atoms with E-state index in [4.69, 9.17) is 4.42 Å². The summed E-state index contributed by atoms with van der Waals surface area (Å²) >= 11 is 0. The molecule has 0 aliphatic heterocycles. The first-order valence-corrected chi connectivity index (χ1v) is 6.75. The Morgan fingerprint density at radius 1 is 0.762 bits per heavy atom. The van der Waals surface area contributed by atoms with Crippen LogP contribution in [0.25, 0.3) is 33.4 Å². The van der Waals surface area contributed by atoms with Gasteiger partial charge < -0.3 is 4.42 Å². The molecule has 3 nitrogen and oxygen atoms in total. The van der Waals surface area contributed by atoms with E-state index in [1.807, 2.05) is 30.3 Å². The van der Waals surface area contributed by atoms with Crippen molar-refractivity contribution < 1.29 is 4.42 Å². The van der Waals surface area contributed by atoms with Crippen LogP contribution < -0.4 is 0 Å². The molecule has 0 spiro atoms. The van der Waals surface area contributed by atoms with Gasteiger partial charge in [-0.3, -0.25) is 9.97 Å². The first kappa shape index (κ1) is 11.9. The third kappa shape index (κ3) is 2.09. The smallest absolute Gasteiger partial charge is 0.152 e. The minimum absolute atomic E-state index is 0.807. The standard InChI is InChI=1S/C18H12N2O/c1-3-14(13-6-9-19-10-7-13)11-15(4-1)16-12-21-17-5-2-8-20-18(16)17/h1-12H. The molecule has 21 heavy (non-hydrogen) atoms. The predicted octanol–water partition coefficient (Wildman–Crippen LogP) is 4.56. The molecule has 0 atom stereocenters. The van der Waals surface area contributed by atoms with Gasteiger partial charge in [-0.1, -0.05) is 18.2 Å². The molecular formula is C18H12N2O. The van der Waals surface area contributed by atoms with E-state index in [9.17, 15) is 0 Å². The van der Waals surface area contributed by atoms with Crippen LogP contribution in [0.15, 0.2) is 77.8 Å². The van der Waals surface area contributed by atoms with Crippen LogP contribution in [0.2, 0.25) is 0 Å². The number of furan rings is 1. The molecule has 3 heterocycles. The summed E-state index contributed by atoms with van der Waals surface area (Å²) in [5.74, 6) is 0. The molecule has 0 aliphatic carbocycles. The van der Waals surface area contributed by atoms with Gasteiger partial charge in [-0.05, 0) is 47.0 Å². The summed E-state index contributed by atoms with van der Waals surface area (Å²) in [5.41, 5.74) is 6.11. The number of benzene rings is 1. The van der Waals surface area contributed by atoms with Crippen molar-refractivity contribution in [3.63, 3.8) is 0 Å². The number of fused-ring (bicyclic) bond motifs is 1. The summed E-state index contributed by atoms with van der Waals surface area (Å²) in [6, 6.07) is 16.2. The number of pyridine rings is 2. The first-order chi connectivity index (χ1) is 10.4. The van der Waals surface area contributed by atoms with Crippen molar-refractivity contribution in [2.75, 3.05) is 0 Å². The SMILES string of the molecule is c1cc(-c2ccncc2)cc(-c2coc3cccnc23)c1. The van der Waals surface area contributed by atoms with Crippen LogP contribution in [0.5, 0.6) is 0 Å². The topological polar surface area (TPSA) is 38.9 Å². The number of aromatic nitrogens is 2. The van der Waals surface area contributed by atoms with E-state index in [-0.39, 0.29) is 0 Å². The first-order valence-electron chi connectivity index (χ1n) is 6.75. The van der Waals surface area contributed by atoms with Gasteiger partial charge in [-0.2, -0.15) is 0 Å². The van der Waals surface area contributed by atoms with Crippen molar-refractivity contribution in [3.8, 4) is 22.3 Å².